The van der Waals surface area contributed by atoms with Crippen molar-refractivity contribution in [1.29, 1.82) is 0 Å². The van der Waals surface area contributed by atoms with Gasteiger partial charge in [0.25, 0.3) is 0 Å². The van der Waals surface area contributed by atoms with Crippen LogP contribution in [0.1, 0.15) is 27.7 Å². The van der Waals surface area contributed by atoms with Crippen LogP contribution in [0.25, 0.3) is 0 Å². The second-order valence-corrected chi connectivity index (χ2v) is 3.01. The van der Waals surface area contributed by atoms with E-state index < -0.39 is 0 Å². The molecule has 0 aliphatic rings. The van der Waals surface area contributed by atoms with Crippen molar-refractivity contribution in [1.82, 2.24) is 0 Å². The second-order valence-electron chi connectivity index (χ2n) is 3.01. The molecule has 0 amide bonds. The van der Waals surface area contributed by atoms with Gasteiger partial charge >= 0.3 is 0 Å². The number of hydrogen-bond donors (Lipinski definition) is 0. The van der Waals surface area contributed by atoms with Crippen molar-refractivity contribution in [3.8, 4) is 0 Å². The first-order chi connectivity index (χ1) is 5.43. The van der Waals surface area contributed by atoms with E-state index in [0.717, 1.165) is 5.57 Å². The van der Waals surface area contributed by atoms with Crippen LogP contribution in [0.2, 0.25) is 0 Å². The summed E-state index contributed by atoms with van der Waals surface area (Å²) in [5, 5.41) is 0. The molecule has 2 heteroatoms. The molecule has 0 aromatic rings. The molecule has 0 atom stereocenters. The second kappa shape index (κ2) is 4.65. The highest BCUT2D eigenvalue weighted by molar-refractivity contribution is 6.06. The lowest BCUT2D eigenvalue weighted by Crippen LogP contribution is -1.96. The Morgan fingerprint density at radius 3 is 1.75 bits per heavy atom. The summed E-state index contributed by atoms with van der Waals surface area (Å²) in [7, 11) is 0. The van der Waals surface area contributed by atoms with Gasteiger partial charge in [-0.15, -0.1) is 0 Å². The molecule has 0 unspecified atom stereocenters. The summed E-state index contributed by atoms with van der Waals surface area (Å²) in [6.07, 6.45) is 2.86. The molecule has 0 fully saturated rings. The Bertz CT molecular complexity index is 253. The van der Waals surface area contributed by atoms with Gasteiger partial charge in [-0.3, -0.25) is 9.59 Å². The molecule has 0 rings (SSSR count). The molecule has 0 N–H and O–H groups in total. The van der Waals surface area contributed by atoms with Crippen LogP contribution in [0.3, 0.4) is 0 Å². The van der Waals surface area contributed by atoms with E-state index in [1.54, 1.807) is 6.92 Å². The van der Waals surface area contributed by atoms with Gasteiger partial charge in [-0.1, -0.05) is 5.57 Å². The number of Topliss-reactive ketones (excluding diaryl/α,β-unsaturated/α-hetero) is 1. The fraction of sp³-hybridized carbons (Fsp3) is 0.400. The largest absolute Gasteiger partial charge is 0.295 e. The van der Waals surface area contributed by atoms with E-state index in [1.807, 2.05) is 13.8 Å². The summed E-state index contributed by atoms with van der Waals surface area (Å²) >= 11 is 0. The van der Waals surface area contributed by atoms with Crippen LogP contribution in [0.5, 0.6) is 0 Å². The van der Waals surface area contributed by atoms with E-state index >= 15 is 0 Å². The lowest BCUT2D eigenvalue weighted by atomic mass is 10.1. The van der Waals surface area contributed by atoms with Crippen LogP contribution in [0, 0.1) is 0 Å². The van der Waals surface area contributed by atoms with E-state index in [4.69, 9.17) is 0 Å². The van der Waals surface area contributed by atoms with Crippen molar-refractivity contribution in [2.24, 2.45) is 0 Å². The summed E-state index contributed by atoms with van der Waals surface area (Å²) in [6.45, 7) is 6.77. The van der Waals surface area contributed by atoms with Gasteiger partial charge in [0, 0.05) is 0 Å². The van der Waals surface area contributed by atoms with Gasteiger partial charge in [-0.2, -0.15) is 0 Å². The Morgan fingerprint density at radius 1 is 0.917 bits per heavy atom. The number of ketones is 2. The maximum Gasteiger partial charge on any atom is 0.178 e. The zero-order valence-corrected chi connectivity index (χ0v) is 7.97. The summed E-state index contributed by atoms with van der Waals surface area (Å²) in [5.74, 6) is -0.187. The topological polar surface area (TPSA) is 34.1 Å². The van der Waals surface area contributed by atoms with Gasteiger partial charge in [0.1, 0.15) is 0 Å². The van der Waals surface area contributed by atoms with Crippen LogP contribution >= 0.6 is 0 Å². The number of carbonyl (C=O) groups is 2. The summed E-state index contributed by atoms with van der Waals surface area (Å²) in [4.78, 5) is 21.8. The lowest BCUT2D eigenvalue weighted by molar-refractivity contribution is -0.114. The van der Waals surface area contributed by atoms with E-state index in [2.05, 4.69) is 0 Å². The first kappa shape index (κ1) is 10.8. The van der Waals surface area contributed by atoms with Gasteiger partial charge in [-0.25, -0.2) is 0 Å². The Morgan fingerprint density at radius 2 is 1.42 bits per heavy atom. The molecule has 0 radical (unpaired) electrons. The molecular formula is C10H14O2. The van der Waals surface area contributed by atoms with Crippen LogP contribution in [0.4, 0.5) is 0 Å². The minimum atomic E-state index is -0.122. The molecule has 0 heterocycles. The molecule has 2 nitrogen and oxygen atoms in total. The highest BCUT2D eigenvalue weighted by Crippen LogP contribution is 1.97. The predicted molar refractivity (Wildman–Crippen MR) is 48.9 cm³/mol. The molecule has 0 aliphatic heterocycles. The first-order valence-electron chi connectivity index (χ1n) is 3.81. The van der Waals surface area contributed by atoms with E-state index in [-0.39, 0.29) is 11.6 Å². The summed E-state index contributed by atoms with van der Waals surface area (Å²) in [6, 6.07) is 0. The number of hydrogen-bond acceptors (Lipinski definition) is 2. The highest BCUT2D eigenvalue weighted by Gasteiger charge is 1.98. The quantitative estimate of drug-likeness (QED) is 0.601. The number of allylic oxidation sites excluding steroid dienone is 4. The molecule has 0 spiro atoms. The Balaban J connectivity index is 4.46. The monoisotopic (exact) mass is 166 g/mol. The average molecular weight is 166 g/mol. The Hall–Kier alpha value is -1.18. The van der Waals surface area contributed by atoms with E-state index in [0.29, 0.717) is 5.57 Å². The van der Waals surface area contributed by atoms with Crippen molar-refractivity contribution in [3.63, 3.8) is 0 Å². The van der Waals surface area contributed by atoms with Crippen molar-refractivity contribution >= 4 is 11.6 Å². The van der Waals surface area contributed by atoms with E-state index in [1.165, 1.54) is 19.1 Å². The molecule has 0 aliphatic carbocycles. The molecule has 0 bridgehead atoms. The maximum absolute atomic E-state index is 11.1. The molecule has 12 heavy (non-hydrogen) atoms. The fourth-order valence-corrected chi connectivity index (χ4v) is 0.641. The zero-order chi connectivity index (χ0) is 9.72. The SMILES string of the molecule is CC(=O)/C(C)=C/C(=O)C=C(C)C. The van der Waals surface area contributed by atoms with Gasteiger partial charge in [-0.05, 0) is 45.4 Å². The summed E-state index contributed by atoms with van der Waals surface area (Å²) < 4.78 is 0. The van der Waals surface area contributed by atoms with E-state index in [9.17, 15) is 9.59 Å². The summed E-state index contributed by atoms with van der Waals surface area (Å²) in [5.41, 5.74) is 1.44. The van der Waals surface area contributed by atoms with Crippen molar-refractivity contribution in [2.75, 3.05) is 0 Å². The van der Waals surface area contributed by atoms with Crippen molar-refractivity contribution < 1.29 is 9.59 Å². The zero-order valence-electron chi connectivity index (χ0n) is 7.97. The highest BCUT2D eigenvalue weighted by atomic mass is 16.1. The van der Waals surface area contributed by atoms with Gasteiger partial charge < -0.3 is 0 Å². The van der Waals surface area contributed by atoms with Crippen LogP contribution in [-0.4, -0.2) is 11.6 Å². The number of carbonyl (C=O) groups excluding carboxylic acids is 2. The molecular weight excluding hydrogens is 152 g/mol. The minimum absolute atomic E-state index is 0.0643. The molecule has 0 saturated heterocycles. The molecule has 66 valence electrons. The van der Waals surface area contributed by atoms with Crippen LogP contribution in [-0.2, 0) is 9.59 Å². The van der Waals surface area contributed by atoms with Crippen molar-refractivity contribution in [3.05, 3.63) is 23.3 Å². The lowest BCUT2D eigenvalue weighted by Gasteiger charge is -1.91. The van der Waals surface area contributed by atoms with Crippen molar-refractivity contribution in [2.45, 2.75) is 27.7 Å². The third-order valence-electron chi connectivity index (χ3n) is 1.35. The Kier molecular flexibility index (Phi) is 4.19. The predicted octanol–water partition coefficient (Wildman–Crippen LogP) is 2.06. The Labute approximate surface area is 73.0 Å². The maximum atomic E-state index is 11.1. The fourth-order valence-electron chi connectivity index (χ4n) is 0.641. The minimum Gasteiger partial charge on any atom is -0.295 e. The third-order valence-corrected chi connectivity index (χ3v) is 1.35. The van der Waals surface area contributed by atoms with Gasteiger partial charge in [0.15, 0.2) is 11.6 Å². The molecule has 0 aromatic carbocycles. The smallest absolute Gasteiger partial charge is 0.178 e. The molecule has 0 aromatic heterocycles. The first-order valence-corrected chi connectivity index (χ1v) is 3.81. The van der Waals surface area contributed by atoms with Crippen LogP contribution < -0.4 is 0 Å². The van der Waals surface area contributed by atoms with Gasteiger partial charge in [0.2, 0.25) is 0 Å². The number of rotatable bonds is 3. The standard InChI is InChI=1S/C10H14O2/c1-7(2)5-10(12)6-8(3)9(4)11/h5-6H,1-4H3/b8-6+. The normalized spacial score (nSPS) is 10.8. The molecule has 0 saturated carbocycles. The third kappa shape index (κ3) is 4.61. The van der Waals surface area contributed by atoms with Gasteiger partial charge in [0.05, 0.1) is 0 Å². The van der Waals surface area contributed by atoms with Crippen LogP contribution in [0.15, 0.2) is 23.3 Å². The average Bonchev–Trinajstić information content (AvgIpc) is 1.84.